The van der Waals surface area contributed by atoms with Crippen LogP contribution in [0.2, 0.25) is 5.67 Å². The van der Waals surface area contributed by atoms with E-state index in [-0.39, 0.29) is 0 Å². The summed E-state index contributed by atoms with van der Waals surface area (Å²) in [4.78, 5) is 0. The average molecular weight is 305 g/mol. The van der Waals surface area contributed by atoms with E-state index in [1.807, 2.05) is 36.4 Å². The van der Waals surface area contributed by atoms with Crippen molar-refractivity contribution < 1.29 is 13.0 Å². The van der Waals surface area contributed by atoms with Gasteiger partial charge in [0.2, 0.25) is 0 Å². The summed E-state index contributed by atoms with van der Waals surface area (Å²) in [6.07, 6.45) is 0. The standard InChI is InChI=1S/C13H14O3PSi2/c14-17-15-18(12-7-3-1-4-8-12)11-19(16-17)13-9-5-2-6-10-13/h1-10,18-19H,11H2/q+1. The zero-order valence-electron chi connectivity index (χ0n) is 10.3. The van der Waals surface area contributed by atoms with Crippen molar-refractivity contribution in [2.45, 2.75) is 5.67 Å². The van der Waals surface area contributed by atoms with E-state index >= 15 is 0 Å². The van der Waals surface area contributed by atoms with Crippen molar-refractivity contribution >= 4 is 36.7 Å². The lowest BCUT2D eigenvalue weighted by molar-refractivity contribution is 0.417. The van der Waals surface area contributed by atoms with Gasteiger partial charge in [0.05, 0.1) is 0 Å². The molecule has 2 unspecified atom stereocenters. The van der Waals surface area contributed by atoms with Gasteiger partial charge in [-0.2, -0.15) is 8.43 Å². The molecule has 3 nitrogen and oxygen atoms in total. The van der Waals surface area contributed by atoms with Crippen molar-refractivity contribution in [3.63, 3.8) is 0 Å². The van der Waals surface area contributed by atoms with Gasteiger partial charge in [-0.05, 0) is 16.0 Å². The smallest absolute Gasteiger partial charge is 0.175 e. The fourth-order valence-electron chi connectivity index (χ4n) is 2.24. The molecule has 1 aliphatic heterocycles. The molecule has 0 aromatic heterocycles. The van der Waals surface area contributed by atoms with Gasteiger partial charge < -0.3 is 0 Å². The summed E-state index contributed by atoms with van der Waals surface area (Å²) in [5.74, 6) is 0. The van der Waals surface area contributed by atoms with Gasteiger partial charge in [0, 0.05) is 4.57 Å². The van der Waals surface area contributed by atoms with Crippen LogP contribution < -0.4 is 10.4 Å². The highest BCUT2D eigenvalue weighted by molar-refractivity contribution is 7.39. The van der Waals surface area contributed by atoms with E-state index in [4.69, 9.17) is 8.43 Å². The number of benzene rings is 2. The van der Waals surface area contributed by atoms with Crippen molar-refractivity contribution in [2.24, 2.45) is 0 Å². The minimum Gasteiger partial charge on any atom is -0.175 e. The van der Waals surface area contributed by atoms with Gasteiger partial charge in [0.1, 0.15) is 0 Å². The zero-order valence-corrected chi connectivity index (χ0v) is 13.5. The second kappa shape index (κ2) is 5.90. The van der Waals surface area contributed by atoms with Gasteiger partial charge in [-0.25, -0.2) is 0 Å². The molecule has 2 aromatic rings. The Morgan fingerprint density at radius 2 is 1.21 bits per heavy atom. The SMILES string of the molecule is O=[P+]1O[SiH](c2ccccc2)C[SiH](c2ccccc2)O1. The predicted octanol–water partition coefficient (Wildman–Crippen LogP) is 1.49. The van der Waals surface area contributed by atoms with Crippen LogP contribution in [-0.4, -0.2) is 18.1 Å². The molecular formula is C13H14O3PSi2+. The molecule has 1 aliphatic rings. The summed E-state index contributed by atoms with van der Waals surface area (Å²) in [7, 11) is -5.18. The molecule has 6 heteroatoms. The van der Waals surface area contributed by atoms with Gasteiger partial charge in [-0.3, -0.25) is 0 Å². The zero-order chi connectivity index (χ0) is 13.1. The minimum absolute atomic E-state index is 0.953. The summed E-state index contributed by atoms with van der Waals surface area (Å²) in [6.45, 7) is 0. The van der Waals surface area contributed by atoms with E-state index in [1.165, 1.54) is 10.4 Å². The highest BCUT2D eigenvalue weighted by Gasteiger charge is 2.43. The van der Waals surface area contributed by atoms with Gasteiger partial charge in [-0.15, -0.1) is 0 Å². The van der Waals surface area contributed by atoms with Crippen molar-refractivity contribution in [1.29, 1.82) is 0 Å². The second-order valence-electron chi connectivity index (χ2n) is 4.47. The Bertz CT molecular complexity index is 515. The number of rotatable bonds is 2. The van der Waals surface area contributed by atoms with E-state index in [9.17, 15) is 4.57 Å². The molecule has 1 saturated heterocycles. The van der Waals surface area contributed by atoms with E-state index in [0.717, 1.165) is 5.67 Å². The Labute approximate surface area is 116 Å². The van der Waals surface area contributed by atoms with Crippen molar-refractivity contribution in [1.82, 2.24) is 0 Å². The van der Waals surface area contributed by atoms with Crippen LogP contribution in [-0.2, 0) is 13.0 Å². The molecule has 3 rings (SSSR count). The molecule has 0 radical (unpaired) electrons. The molecule has 1 fully saturated rings. The Morgan fingerprint density at radius 3 is 1.63 bits per heavy atom. The first-order valence-corrected chi connectivity index (χ1v) is 11.1. The highest BCUT2D eigenvalue weighted by atomic mass is 31.1. The van der Waals surface area contributed by atoms with Crippen LogP contribution in [0.1, 0.15) is 0 Å². The highest BCUT2D eigenvalue weighted by Crippen LogP contribution is 2.32. The Hall–Kier alpha value is -1.11. The Morgan fingerprint density at radius 1 is 0.789 bits per heavy atom. The fourth-order valence-corrected chi connectivity index (χ4v) is 12.8. The van der Waals surface area contributed by atoms with Gasteiger partial charge in [0.15, 0.2) is 0 Å². The lowest BCUT2D eigenvalue weighted by Crippen LogP contribution is -2.45. The fraction of sp³-hybridized carbons (Fsp3) is 0.0769. The molecule has 96 valence electrons. The summed E-state index contributed by atoms with van der Waals surface area (Å²) in [5.41, 5.74) is 0.953. The van der Waals surface area contributed by atoms with Gasteiger partial charge in [0.25, 0.3) is 18.1 Å². The van der Waals surface area contributed by atoms with E-state index in [1.54, 1.807) is 0 Å². The maximum absolute atomic E-state index is 11.8. The van der Waals surface area contributed by atoms with Crippen LogP contribution in [0.25, 0.3) is 0 Å². The molecule has 0 amide bonds. The van der Waals surface area contributed by atoms with E-state index in [2.05, 4.69) is 24.3 Å². The van der Waals surface area contributed by atoms with Crippen LogP contribution in [0.4, 0.5) is 0 Å². The van der Waals surface area contributed by atoms with Crippen molar-refractivity contribution in [3.8, 4) is 0 Å². The molecule has 2 aromatic carbocycles. The topological polar surface area (TPSA) is 35.5 Å². The molecule has 0 bridgehead atoms. The number of hydrogen-bond donors (Lipinski definition) is 0. The maximum atomic E-state index is 11.8. The molecule has 19 heavy (non-hydrogen) atoms. The summed E-state index contributed by atoms with van der Waals surface area (Å²) in [5, 5.41) is 2.42. The average Bonchev–Trinajstić information content (AvgIpc) is 2.48. The quantitative estimate of drug-likeness (QED) is 0.623. The van der Waals surface area contributed by atoms with Gasteiger partial charge >= 0.3 is 8.25 Å². The Kier molecular flexibility index (Phi) is 4.01. The second-order valence-corrected chi connectivity index (χ2v) is 11.8. The first-order chi connectivity index (χ1) is 9.33. The van der Waals surface area contributed by atoms with Crippen LogP contribution >= 0.6 is 8.25 Å². The molecular weight excluding hydrogens is 291 g/mol. The predicted molar refractivity (Wildman–Crippen MR) is 81.0 cm³/mol. The molecule has 0 aliphatic carbocycles. The van der Waals surface area contributed by atoms with Crippen LogP contribution in [0.5, 0.6) is 0 Å². The lowest BCUT2D eigenvalue weighted by atomic mass is 10.4. The largest absolute Gasteiger partial charge is 0.673 e. The monoisotopic (exact) mass is 305 g/mol. The van der Waals surface area contributed by atoms with Crippen molar-refractivity contribution in [2.75, 3.05) is 0 Å². The Balaban J connectivity index is 1.84. The molecule has 0 spiro atoms. The van der Waals surface area contributed by atoms with Crippen LogP contribution in [0.15, 0.2) is 60.7 Å². The molecule has 1 heterocycles. The van der Waals surface area contributed by atoms with E-state index < -0.39 is 26.3 Å². The summed E-state index contributed by atoms with van der Waals surface area (Å²) < 4.78 is 23.0. The number of hydrogen-bond acceptors (Lipinski definition) is 3. The van der Waals surface area contributed by atoms with Crippen LogP contribution in [0.3, 0.4) is 0 Å². The molecule has 2 atom stereocenters. The third kappa shape index (κ3) is 3.08. The first kappa shape index (κ1) is 12.9. The first-order valence-electron chi connectivity index (χ1n) is 6.23. The minimum atomic E-state index is -1.94. The van der Waals surface area contributed by atoms with Crippen LogP contribution in [0, 0.1) is 0 Å². The third-order valence-electron chi connectivity index (χ3n) is 3.20. The lowest BCUT2D eigenvalue weighted by Gasteiger charge is -2.18. The summed E-state index contributed by atoms with van der Waals surface area (Å²) in [6, 6.07) is 20.3. The van der Waals surface area contributed by atoms with E-state index in [0.29, 0.717) is 0 Å². The van der Waals surface area contributed by atoms with Crippen molar-refractivity contribution in [3.05, 3.63) is 60.7 Å². The van der Waals surface area contributed by atoms with Gasteiger partial charge in [-0.1, -0.05) is 60.7 Å². The maximum Gasteiger partial charge on any atom is 0.673 e. The summed E-state index contributed by atoms with van der Waals surface area (Å²) >= 11 is 0. The molecule has 0 N–H and O–H groups in total. The normalized spacial score (nSPS) is 25.2. The third-order valence-corrected chi connectivity index (χ3v) is 12.3. The molecule has 0 saturated carbocycles.